The third kappa shape index (κ3) is 41.5. The van der Waals surface area contributed by atoms with Crippen molar-refractivity contribution in [3.05, 3.63) is 151 Å². The molecule has 0 saturated heterocycles. The van der Waals surface area contributed by atoms with Crippen LogP contribution in [0.1, 0.15) is 298 Å². The van der Waals surface area contributed by atoms with Crippen molar-refractivity contribution < 1.29 is 148 Å². The minimum absolute atomic E-state index is 0. The second-order valence-electron chi connectivity index (χ2n) is 39.2. The minimum atomic E-state index is -1.67. The molecule has 30 nitrogen and oxygen atoms in total. The summed E-state index contributed by atoms with van der Waals surface area (Å²) in [7, 11) is 7.36. The van der Waals surface area contributed by atoms with Crippen molar-refractivity contribution in [3.8, 4) is 46.6 Å². The van der Waals surface area contributed by atoms with E-state index in [9.17, 15) is 73.2 Å². The second-order valence-corrected chi connectivity index (χ2v) is 46.3. The molecule has 0 bridgehead atoms. The lowest BCUT2D eigenvalue weighted by Gasteiger charge is -2.37. The first-order valence-electron chi connectivity index (χ1n) is 51.6. The van der Waals surface area contributed by atoms with E-state index in [0.717, 1.165) is 104 Å². The summed E-state index contributed by atoms with van der Waals surface area (Å²) in [6, 6.07) is 21.2. The Morgan fingerprint density at radius 1 is 0.420 bits per heavy atom. The van der Waals surface area contributed by atoms with Gasteiger partial charge in [-0.2, -0.15) is 0 Å². The lowest BCUT2D eigenvalue weighted by atomic mass is 9.69. The number of hydrogen-bond acceptors (Lipinski definition) is 31. The van der Waals surface area contributed by atoms with E-state index in [-0.39, 0.29) is 153 Å². The average molecular weight is 2320 g/mol. The Morgan fingerprint density at radius 3 is 1.00 bits per heavy atom. The fourth-order valence-electron chi connectivity index (χ4n) is 19.1. The molecule has 0 atom stereocenters. The van der Waals surface area contributed by atoms with Gasteiger partial charge in [0.1, 0.15) is 60.9 Å². The van der Waals surface area contributed by atoms with Crippen LogP contribution in [0.5, 0.6) is 34.5 Å². The summed E-state index contributed by atoms with van der Waals surface area (Å²) in [6.07, 6.45) is 26.5. The van der Waals surface area contributed by atoms with E-state index in [2.05, 4.69) is 62.8 Å². The molecule has 6 fully saturated rings. The maximum absolute atomic E-state index is 14.0. The number of halogens is 3. The SMILES string of the molecule is C=CC(=O)OCCOC(=O)CCC(=O)OCCc1ccc(OC(=O)C2CCC(C(=O)O)CC2)cc1.CC.CC.O=S(Cl)Cl.[C-]#[N+]/C(C#N)=C1/Sc2c(OC(=O)C3CCC(C4CCC(CC)CC4)CC3)cc(C(C)(C)C)c(O)c2S1.[C-]#[N+]/C(C#N)=C1/Sc2c(OC(=O)C3CCC(C4CCC(CC)CC4)CC3)cc(C(C)(C)C)c(OC(=O)C3CCC(C(=O)Oc4ccc(CCOC(=O)CCC(=O)OCCOC(=O)C=C)cc4)CC3)c2S1.[I-]. The van der Waals surface area contributed by atoms with E-state index in [1.807, 2.05) is 81.4 Å². The van der Waals surface area contributed by atoms with Gasteiger partial charge in [0.15, 0.2) is 0 Å². The van der Waals surface area contributed by atoms with Gasteiger partial charge in [-0.25, -0.2) is 34.0 Å². The lowest BCUT2D eigenvalue weighted by Crippen LogP contribution is -3.00. The van der Waals surface area contributed by atoms with Crippen molar-refractivity contribution in [2.75, 3.05) is 39.6 Å². The number of thioether (sulfide) groups is 4. The van der Waals surface area contributed by atoms with Crippen molar-refractivity contribution in [1.29, 1.82) is 10.5 Å². The van der Waals surface area contributed by atoms with Crippen LogP contribution in [0, 0.1) is 107 Å². The molecule has 2 N–H and O–H groups in total. The van der Waals surface area contributed by atoms with Crippen LogP contribution < -0.4 is 47.7 Å². The molecule has 6 saturated carbocycles. The van der Waals surface area contributed by atoms with Crippen LogP contribution >= 0.6 is 68.4 Å². The van der Waals surface area contributed by atoms with E-state index in [0.29, 0.717) is 138 Å². The van der Waals surface area contributed by atoms with Gasteiger partial charge in [-0.1, -0.05) is 206 Å². The topological polar surface area (TPSA) is 420 Å². The Hall–Kier alpha value is -9.90. The highest BCUT2D eigenvalue weighted by Gasteiger charge is 2.43. The van der Waals surface area contributed by atoms with Crippen LogP contribution in [-0.2, 0) is 119 Å². The number of phenols is 1. The van der Waals surface area contributed by atoms with Gasteiger partial charge in [-0.3, -0.25) is 47.9 Å². The molecule has 6 aliphatic carbocycles. The number of aliphatic carboxylic acids is 1. The number of allylic oxidation sites excluding steroid dienone is 2. The molecule has 38 heteroatoms. The standard InChI is InChI=1S/C54H64N2O12S2.C29H36N2O3S2.C25H30O10.2C2H6.Cl2OS.HI/c1-7-33-9-13-35(14-10-33)36-15-17-38(18-16-36)51(61)67-43-31-41(54(3,4)5)47(49-48(43)69-53(70-49)42(32-55)56-6)68-52(62)39-21-19-37(20-22-39)50(60)66-40-23-11-34(12-24-40)27-28-63-45(58)25-26-46(59)65-30-29-64-44(57)8-2;1-6-17-7-9-18(10-8-17)19-11-13-20(14-12-19)27(33)34-23-15-21(29(2,3)4)24(32)26-25(23)35-28(36-26)22(16-30)31-5;1-2-21(26)33-15-16-34-23(28)12-11-22(27)32-14-13-17-3-9-20(10-4-17)35-25(31)19-7-5-18(6-8-19)24(29)30;2*1-2;1-4(2)3;/h8,11-12,23-24,31,33,35-39H,2,7,9-10,13-22,25-30H2,1,3-5H3;15,17-20,32H,6-14H2,1-4H3;2-4,9-10,18-19H,1,5-8,11-16H2,(H,29,30);2*1-2H3;;1H/p-1/b53-42-;28-22-;;;;;. The zero-order valence-electron chi connectivity index (χ0n) is 87.8. The van der Waals surface area contributed by atoms with Crippen LogP contribution in [-0.4, -0.2) is 126 Å². The van der Waals surface area contributed by atoms with Gasteiger partial charge in [-0.15, -0.1) is 0 Å². The van der Waals surface area contributed by atoms with Crippen molar-refractivity contribution in [2.24, 2.45) is 71.0 Å². The number of fused-ring (bicyclic) bond motifs is 2. The number of ether oxygens (including phenoxy) is 11. The molecule has 12 rings (SSSR count). The number of nitrogens with zero attached hydrogens (tertiary/aromatic N) is 4. The number of aromatic hydroxyl groups is 1. The van der Waals surface area contributed by atoms with Crippen LogP contribution in [0.3, 0.4) is 0 Å². The fourth-order valence-corrected chi connectivity index (χ4v) is 24.1. The molecule has 0 aromatic heterocycles. The summed E-state index contributed by atoms with van der Waals surface area (Å²) in [5.74, 6) is -1.32. The number of carboxylic acid groups (broad SMARTS) is 1. The molecule has 818 valence electrons. The third-order valence-corrected chi connectivity index (χ3v) is 32.8. The Morgan fingerprint density at radius 2 is 0.693 bits per heavy atom. The van der Waals surface area contributed by atoms with Gasteiger partial charge in [0.2, 0.25) is 9.23 Å². The maximum atomic E-state index is 14.0. The zero-order valence-corrected chi connectivity index (χ0v) is 95.5. The summed E-state index contributed by atoms with van der Waals surface area (Å²) in [4.78, 5) is 156. The van der Waals surface area contributed by atoms with Crippen molar-refractivity contribution in [1.82, 2.24) is 0 Å². The van der Waals surface area contributed by atoms with Crippen LogP contribution in [0.15, 0.2) is 125 Å². The first kappa shape index (κ1) is 129. The smallest absolute Gasteiger partial charge is 0.330 e. The Balaban J connectivity index is 0.000000360. The molecule has 0 amide bonds. The largest absolute Gasteiger partial charge is 1.00 e. The molecule has 4 aromatic rings. The van der Waals surface area contributed by atoms with Gasteiger partial charge < -0.3 is 86.3 Å². The fraction of sp³-hybridized carbons (Fsp3) is 0.571. The molecule has 8 aliphatic rings. The number of phenolic OH excluding ortho intramolecular Hbond substituents is 1. The monoisotopic (exact) mass is 2320 g/mol. The normalized spacial score (nSPS) is 21.5. The summed E-state index contributed by atoms with van der Waals surface area (Å²) in [5, 5.41) is 39.3. The van der Waals surface area contributed by atoms with Crippen molar-refractivity contribution >= 4 is 149 Å². The average Bonchev–Trinajstić information content (AvgIpc) is 1.57. The molecule has 2 heterocycles. The summed E-state index contributed by atoms with van der Waals surface area (Å²) < 4.78 is 69.2. The van der Waals surface area contributed by atoms with Crippen LogP contribution in [0.25, 0.3) is 9.69 Å². The zero-order chi connectivity index (χ0) is 110. The molecule has 4 aromatic carbocycles. The molecular weight excluding hydrogens is 2180 g/mol. The number of carbonyl (C=O) groups is 12. The lowest BCUT2D eigenvalue weighted by molar-refractivity contribution is -0.152. The van der Waals surface area contributed by atoms with E-state index >= 15 is 0 Å². The predicted octanol–water partition coefficient (Wildman–Crippen LogP) is 22.3. The minimum Gasteiger partial charge on any atom is -1.00 e. The first-order chi connectivity index (χ1) is 71.3. The summed E-state index contributed by atoms with van der Waals surface area (Å²) in [5.41, 5.74) is 2.01. The molecule has 0 radical (unpaired) electrons. The predicted molar refractivity (Wildman–Crippen MR) is 570 cm³/mol. The maximum Gasteiger partial charge on any atom is 0.330 e. The van der Waals surface area contributed by atoms with E-state index in [1.54, 1.807) is 60.7 Å². The first-order valence-corrected chi connectivity index (χ1v) is 57.7. The number of carboxylic acids is 1. The van der Waals surface area contributed by atoms with E-state index < -0.39 is 80.2 Å². The summed E-state index contributed by atoms with van der Waals surface area (Å²) in [6.45, 7) is 45.8. The number of esters is 11. The highest BCUT2D eigenvalue weighted by Crippen LogP contribution is 2.63. The number of benzene rings is 4. The Bertz CT molecular complexity index is 5500. The van der Waals surface area contributed by atoms with E-state index in [4.69, 9.17) is 69.8 Å². The van der Waals surface area contributed by atoms with Gasteiger partial charge in [0.25, 0.3) is 11.4 Å². The Labute approximate surface area is 927 Å². The number of hydrogen-bond donors (Lipinski definition) is 2. The number of nitriles is 2. The second kappa shape index (κ2) is 66.3. The van der Waals surface area contributed by atoms with Gasteiger partial charge in [0.05, 0.1) is 128 Å². The molecule has 2 aliphatic heterocycles. The van der Waals surface area contributed by atoms with Crippen molar-refractivity contribution in [2.45, 2.75) is 319 Å². The van der Waals surface area contributed by atoms with Gasteiger partial charge in [0, 0.05) is 57.5 Å². The third-order valence-electron chi connectivity index (χ3n) is 27.6. The van der Waals surface area contributed by atoms with E-state index in [1.165, 1.54) is 111 Å². The van der Waals surface area contributed by atoms with Gasteiger partial charge >= 0.3 is 71.6 Å². The molecule has 0 unspecified atom stereocenters. The highest BCUT2D eigenvalue weighted by atomic mass is 127. The number of rotatable bonds is 35. The van der Waals surface area contributed by atoms with Crippen LogP contribution in [0.2, 0.25) is 0 Å². The molecule has 0 spiro atoms. The number of carbonyl (C=O) groups excluding carboxylic acids is 11. The summed E-state index contributed by atoms with van der Waals surface area (Å²) >= 11 is 4.81. The quantitative estimate of drug-likeness (QED) is 0.00497. The highest BCUT2D eigenvalue weighted by molar-refractivity contribution is 8.26. The Kier molecular flexibility index (Phi) is 56.9. The van der Waals surface area contributed by atoms with Gasteiger partial charge in [-0.05, 0) is 222 Å². The van der Waals surface area contributed by atoms with Crippen LogP contribution in [0.4, 0.5) is 0 Å². The molecule has 150 heavy (non-hydrogen) atoms. The van der Waals surface area contributed by atoms with Crippen molar-refractivity contribution in [3.63, 3.8) is 0 Å². The molecular formula is C112H142Cl2IN4O26S5-.